The van der Waals surface area contributed by atoms with E-state index < -0.39 is 17.8 Å². The molecule has 1 heterocycles. The largest absolute Gasteiger partial charge is 0.461 e. The van der Waals surface area contributed by atoms with Crippen LogP contribution in [0.25, 0.3) is 0 Å². The van der Waals surface area contributed by atoms with Crippen LogP contribution in [-0.2, 0) is 38.6 Å². The third kappa shape index (κ3) is 5.83. The Balaban J connectivity index is 2.03. The second kappa shape index (κ2) is 8.79. The van der Waals surface area contributed by atoms with E-state index in [9.17, 15) is 14.4 Å². The highest BCUT2D eigenvalue weighted by atomic mass is 16.5. The highest BCUT2D eigenvalue weighted by molar-refractivity contribution is 6.17. The van der Waals surface area contributed by atoms with Gasteiger partial charge in [-0.1, -0.05) is 45.9 Å². The maximum atomic E-state index is 12.0. The van der Waals surface area contributed by atoms with Gasteiger partial charge in [-0.25, -0.2) is 0 Å². The van der Waals surface area contributed by atoms with E-state index in [1.54, 1.807) is 0 Å². The molecule has 0 saturated heterocycles. The minimum absolute atomic E-state index is 0.148. The molecular weight excluding hydrogens is 330 g/mol. The SMILES string of the molecule is CC(C)Cc1ccc(COC(=O)CC2=CC(=O)NC2=O)c(CC(C)C)c1. The van der Waals surface area contributed by atoms with Gasteiger partial charge in [0, 0.05) is 11.6 Å². The smallest absolute Gasteiger partial charge is 0.310 e. The highest BCUT2D eigenvalue weighted by Crippen LogP contribution is 2.20. The van der Waals surface area contributed by atoms with E-state index in [0.29, 0.717) is 11.8 Å². The van der Waals surface area contributed by atoms with Crippen molar-refractivity contribution in [1.29, 1.82) is 0 Å². The zero-order chi connectivity index (χ0) is 19.3. The van der Waals surface area contributed by atoms with Crippen LogP contribution in [0.1, 0.15) is 50.8 Å². The quantitative estimate of drug-likeness (QED) is 0.573. The van der Waals surface area contributed by atoms with Gasteiger partial charge >= 0.3 is 5.97 Å². The first kappa shape index (κ1) is 19.9. The van der Waals surface area contributed by atoms with Crippen LogP contribution in [0.3, 0.4) is 0 Å². The second-order valence-corrected chi connectivity index (χ2v) is 7.62. The van der Waals surface area contributed by atoms with E-state index in [1.165, 1.54) is 11.1 Å². The molecule has 140 valence electrons. The van der Waals surface area contributed by atoms with Crippen molar-refractivity contribution < 1.29 is 19.1 Å². The Bertz CT molecular complexity index is 732. The summed E-state index contributed by atoms with van der Waals surface area (Å²) in [6.45, 7) is 8.87. The molecule has 2 amide bonds. The summed E-state index contributed by atoms with van der Waals surface area (Å²) in [5, 5.41) is 2.12. The Labute approximate surface area is 154 Å². The van der Waals surface area contributed by atoms with Crippen LogP contribution < -0.4 is 5.32 Å². The van der Waals surface area contributed by atoms with Crippen LogP contribution in [0, 0.1) is 11.8 Å². The van der Waals surface area contributed by atoms with Crippen LogP contribution in [0.2, 0.25) is 0 Å². The Hall–Kier alpha value is -2.43. The average molecular weight is 357 g/mol. The summed E-state index contributed by atoms with van der Waals surface area (Å²) >= 11 is 0. The molecule has 1 aliphatic heterocycles. The molecule has 5 nitrogen and oxygen atoms in total. The zero-order valence-corrected chi connectivity index (χ0v) is 15.9. The number of hydrogen-bond acceptors (Lipinski definition) is 4. The van der Waals surface area contributed by atoms with Gasteiger partial charge in [-0.3, -0.25) is 19.7 Å². The third-order valence-corrected chi connectivity index (χ3v) is 4.10. The maximum absolute atomic E-state index is 12.0. The Morgan fingerprint density at radius 1 is 1.04 bits per heavy atom. The molecule has 1 aromatic rings. The first-order valence-electron chi connectivity index (χ1n) is 9.06. The summed E-state index contributed by atoms with van der Waals surface area (Å²) in [6, 6.07) is 6.31. The summed E-state index contributed by atoms with van der Waals surface area (Å²) in [5.41, 5.74) is 3.62. The van der Waals surface area contributed by atoms with E-state index in [1.807, 2.05) is 6.07 Å². The molecule has 0 saturated carbocycles. The van der Waals surface area contributed by atoms with Gasteiger partial charge in [0.2, 0.25) is 0 Å². The number of amides is 2. The summed E-state index contributed by atoms with van der Waals surface area (Å²) in [6.07, 6.45) is 2.89. The molecule has 26 heavy (non-hydrogen) atoms. The lowest BCUT2D eigenvalue weighted by molar-refractivity contribution is -0.144. The number of esters is 1. The van der Waals surface area contributed by atoms with Crippen molar-refractivity contribution in [3.05, 3.63) is 46.5 Å². The van der Waals surface area contributed by atoms with Crippen molar-refractivity contribution in [2.75, 3.05) is 0 Å². The molecule has 0 bridgehead atoms. The molecular formula is C21H27NO4. The molecule has 0 aromatic heterocycles. The van der Waals surface area contributed by atoms with Gasteiger partial charge in [-0.2, -0.15) is 0 Å². The molecule has 0 radical (unpaired) electrons. The summed E-state index contributed by atoms with van der Waals surface area (Å²) in [7, 11) is 0. The van der Waals surface area contributed by atoms with Crippen LogP contribution in [0.4, 0.5) is 0 Å². The van der Waals surface area contributed by atoms with Gasteiger partial charge in [0.1, 0.15) is 6.61 Å². The fraction of sp³-hybridized carbons (Fsp3) is 0.476. The molecule has 0 fully saturated rings. The summed E-state index contributed by atoms with van der Waals surface area (Å²) in [5.74, 6) is -0.442. The highest BCUT2D eigenvalue weighted by Gasteiger charge is 2.23. The summed E-state index contributed by atoms with van der Waals surface area (Å²) in [4.78, 5) is 34.6. The van der Waals surface area contributed by atoms with E-state index in [-0.39, 0.29) is 18.6 Å². The molecule has 5 heteroatoms. The number of carbonyl (C=O) groups is 3. The number of carbonyl (C=O) groups excluding carboxylic acids is 3. The molecule has 2 rings (SSSR count). The zero-order valence-electron chi connectivity index (χ0n) is 15.9. The third-order valence-electron chi connectivity index (χ3n) is 4.10. The van der Waals surface area contributed by atoms with E-state index in [4.69, 9.17) is 4.74 Å². The second-order valence-electron chi connectivity index (χ2n) is 7.62. The number of ether oxygens (including phenoxy) is 1. The predicted octanol–water partition coefficient (Wildman–Crippen LogP) is 3.10. The van der Waals surface area contributed by atoms with Gasteiger partial charge in [-0.05, 0) is 41.4 Å². The standard InChI is InChI=1S/C21H27NO4/c1-13(2)7-15-5-6-16(17(9-15)8-14(3)4)12-26-20(24)11-18-10-19(23)22-21(18)25/h5-6,9-10,13-14H,7-8,11-12H2,1-4H3,(H,22,23,25). The topological polar surface area (TPSA) is 72.5 Å². The van der Waals surface area contributed by atoms with Gasteiger partial charge in [-0.15, -0.1) is 0 Å². The lowest BCUT2D eigenvalue weighted by Gasteiger charge is -2.15. The van der Waals surface area contributed by atoms with E-state index in [0.717, 1.165) is 24.5 Å². The molecule has 0 aliphatic carbocycles. The normalized spacial score (nSPS) is 14.0. The van der Waals surface area contributed by atoms with Crippen LogP contribution in [0.5, 0.6) is 0 Å². The van der Waals surface area contributed by atoms with Gasteiger partial charge in [0.25, 0.3) is 11.8 Å². The summed E-state index contributed by atoms with van der Waals surface area (Å²) < 4.78 is 5.35. The van der Waals surface area contributed by atoms with Crippen molar-refractivity contribution in [2.24, 2.45) is 11.8 Å². The number of rotatable bonds is 8. The lowest BCUT2D eigenvalue weighted by Crippen LogP contribution is -2.23. The van der Waals surface area contributed by atoms with Crippen LogP contribution >= 0.6 is 0 Å². The van der Waals surface area contributed by atoms with Gasteiger partial charge in [0.15, 0.2) is 0 Å². The fourth-order valence-corrected chi connectivity index (χ4v) is 3.00. The van der Waals surface area contributed by atoms with E-state index >= 15 is 0 Å². The Morgan fingerprint density at radius 2 is 1.73 bits per heavy atom. The van der Waals surface area contributed by atoms with Crippen molar-refractivity contribution in [3.63, 3.8) is 0 Å². The molecule has 0 spiro atoms. The van der Waals surface area contributed by atoms with Crippen molar-refractivity contribution in [2.45, 2.75) is 53.6 Å². The minimum Gasteiger partial charge on any atom is -0.461 e. The van der Waals surface area contributed by atoms with Crippen LogP contribution in [-0.4, -0.2) is 17.8 Å². The fourth-order valence-electron chi connectivity index (χ4n) is 3.00. The number of nitrogens with one attached hydrogen (secondary N) is 1. The average Bonchev–Trinajstić information content (AvgIpc) is 2.83. The maximum Gasteiger partial charge on any atom is 0.310 e. The Kier molecular flexibility index (Phi) is 6.72. The number of imide groups is 1. The minimum atomic E-state index is -0.523. The van der Waals surface area contributed by atoms with Gasteiger partial charge in [0.05, 0.1) is 6.42 Å². The molecule has 1 aliphatic rings. The number of hydrogen-bond donors (Lipinski definition) is 1. The lowest BCUT2D eigenvalue weighted by atomic mass is 9.93. The van der Waals surface area contributed by atoms with Crippen molar-refractivity contribution in [1.82, 2.24) is 5.32 Å². The molecule has 0 unspecified atom stereocenters. The number of benzene rings is 1. The van der Waals surface area contributed by atoms with Crippen LogP contribution in [0.15, 0.2) is 29.8 Å². The van der Waals surface area contributed by atoms with Crippen molar-refractivity contribution >= 4 is 17.8 Å². The molecule has 1 N–H and O–H groups in total. The first-order valence-corrected chi connectivity index (χ1v) is 9.06. The van der Waals surface area contributed by atoms with Gasteiger partial charge < -0.3 is 4.74 Å². The Morgan fingerprint density at radius 3 is 2.31 bits per heavy atom. The monoisotopic (exact) mass is 357 g/mol. The first-order chi connectivity index (χ1) is 12.2. The molecule has 1 aromatic carbocycles. The molecule has 0 atom stereocenters. The van der Waals surface area contributed by atoms with E-state index in [2.05, 4.69) is 45.1 Å². The predicted molar refractivity (Wildman–Crippen MR) is 99.2 cm³/mol. The van der Waals surface area contributed by atoms with Crippen molar-refractivity contribution in [3.8, 4) is 0 Å².